The van der Waals surface area contributed by atoms with Crippen LogP contribution in [0.3, 0.4) is 0 Å². The third kappa shape index (κ3) is 2.93. The number of para-hydroxylation sites is 1. The molecule has 7 aromatic carbocycles. The Labute approximate surface area is 221 Å². The first-order chi connectivity index (χ1) is 18.7. The van der Waals surface area contributed by atoms with E-state index in [0.29, 0.717) is 5.92 Å². The van der Waals surface area contributed by atoms with Gasteiger partial charge in [-0.05, 0) is 72.1 Å². The highest BCUT2D eigenvalue weighted by Gasteiger charge is 2.19. The molecule has 0 amide bonds. The lowest BCUT2D eigenvalue weighted by Gasteiger charge is -2.17. The summed E-state index contributed by atoms with van der Waals surface area (Å²) in [5.41, 5.74) is 8.22. The van der Waals surface area contributed by atoms with Crippen molar-refractivity contribution in [3.63, 3.8) is 0 Å². The van der Waals surface area contributed by atoms with Gasteiger partial charge >= 0.3 is 0 Å². The highest BCUT2D eigenvalue weighted by molar-refractivity contribution is 6.28. The van der Waals surface area contributed by atoms with Gasteiger partial charge in [-0.15, -0.1) is 0 Å². The summed E-state index contributed by atoms with van der Waals surface area (Å²) in [4.78, 5) is 0. The van der Waals surface area contributed by atoms with Crippen LogP contribution in [-0.4, -0.2) is 0 Å². The Balaban J connectivity index is 1.48. The minimum Gasteiger partial charge on any atom is -0.456 e. The Kier molecular flexibility index (Phi) is 4.48. The third-order valence-corrected chi connectivity index (χ3v) is 8.21. The predicted molar refractivity (Wildman–Crippen MR) is 162 cm³/mol. The first-order valence-corrected chi connectivity index (χ1v) is 13.4. The van der Waals surface area contributed by atoms with Crippen LogP contribution in [0, 0.1) is 0 Å². The number of hydrogen-bond donors (Lipinski definition) is 0. The van der Waals surface area contributed by atoms with Gasteiger partial charge in [-0.3, -0.25) is 0 Å². The van der Waals surface area contributed by atoms with Crippen LogP contribution >= 0.6 is 0 Å². The van der Waals surface area contributed by atoms with Gasteiger partial charge in [0.05, 0.1) is 0 Å². The quantitative estimate of drug-likeness (QED) is 0.226. The zero-order chi connectivity index (χ0) is 25.4. The van der Waals surface area contributed by atoms with Gasteiger partial charge in [0.15, 0.2) is 0 Å². The van der Waals surface area contributed by atoms with Crippen LogP contribution in [0.25, 0.3) is 76.5 Å². The predicted octanol–water partition coefficient (Wildman–Crippen LogP) is 10.9. The second kappa shape index (κ2) is 7.94. The van der Waals surface area contributed by atoms with Gasteiger partial charge < -0.3 is 4.42 Å². The summed E-state index contributed by atoms with van der Waals surface area (Å²) in [5.74, 6) is 0.399. The Morgan fingerprint density at radius 2 is 1.13 bits per heavy atom. The fourth-order valence-corrected chi connectivity index (χ4v) is 6.45. The fraction of sp³-hybridized carbons (Fsp3) is 0.0811. The largest absolute Gasteiger partial charge is 0.456 e. The van der Waals surface area contributed by atoms with Crippen molar-refractivity contribution in [2.24, 2.45) is 0 Å². The molecule has 0 saturated heterocycles. The van der Waals surface area contributed by atoms with Crippen LogP contribution in [0.5, 0.6) is 0 Å². The van der Waals surface area contributed by atoms with Crippen LogP contribution < -0.4 is 0 Å². The average molecular weight is 487 g/mol. The molecule has 1 aromatic heterocycles. The Bertz CT molecular complexity index is 2140. The van der Waals surface area contributed by atoms with E-state index >= 15 is 0 Å². The van der Waals surface area contributed by atoms with Crippen molar-refractivity contribution in [2.45, 2.75) is 19.8 Å². The molecule has 1 nitrogen and oxygen atoms in total. The van der Waals surface area contributed by atoms with E-state index in [1.807, 2.05) is 0 Å². The van der Waals surface area contributed by atoms with Gasteiger partial charge in [0.1, 0.15) is 11.2 Å². The summed E-state index contributed by atoms with van der Waals surface area (Å²) in [7, 11) is 0. The number of hydrogen-bond acceptors (Lipinski definition) is 1. The molecule has 0 N–H and O–H groups in total. The number of rotatable bonds is 3. The van der Waals surface area contributed by atoms with Crippen molar-refractivity contribution in [1.82, 2.24) is 0 Å². The third-order valence-electron chi connectivity index (χ3n) is 8.21. The molecular formula is C37H26O. The van der Waals surface area contributed by atoms with Crippen LogP contribution in [0.15, 0.2) is 120 Å². The highest BCUT2D eigenvalue weighted by atomic mass is 16.3. The Hall–Kier alpha value is -4.62. The molecule has 1 heterocycles. The molecule has 180 valence electrons. The SMILES string of the molecule is CC(C)c1cccc2c1oc1cccc(-c3ccc4ccc5c(-c6ccccc6)ccc6ccc3c4c65)c12. The van der Waals surface area contributed by atoms with Gasteiger partial charge in [0.2, 0.25) is 0 Å². The minimum absolute atomic E-state index is 0.399. The van der Waals surface area contributed by atoms with E-state index in [-0.39, 0.29) is 0 Å². The molecule has 38 heavy (non-hydrogen) atoms. The second-order valence-corrected chi connectivity index (χ2v) is 10.7. The van der Waals surface area contributed by atoms with Crippen molar-refractivity contribution in [3.8, 4) is 22.3 Å². The molecule has 0 saturated carbocycles. The number of benzene rings is 7. The van der Waals surface area contributed by atoms with E-state index in [2.05, 4.69) is 129 Å². The van der Waals surface area contributed by atoms with Gasteiger partial charge in [-0.25, -0.2) is 0 Å². The maximum Gasteiger partial charge on any atom is 0.138 e. The Morgan fingerprint density at radius 1 is 0.474 bits per heavy atom. The van der Waals surface area contributed by atoms with E-state index in [1.165, 1.54) is 70.9 Å². The molecule has 0 atom stereocenters. The van der Waals surface area contributed by atoms with Gasteiger partial charge in [0, 0.05) is 10.8 Å². The standard InChI is InChI=1S/C37H26O/c1-22(2)26-10-6-12-32-36-29(11-7-13-33(36)38-37(26)32)28-19-15-25-16-20-30-27(23-8-4-3-5-9-23)18-14-24-17-21-31(28)35(25)34(24)30/h3-22H,1-2H3. The molecule has 0 fully saturated rings. The maximum absolute atomic E-state index is 6.50. The summed E-state index contributed by atoms with van der Waals surface area (Å²) in [6.07, 6.45) is 0. The van der Waals surface area contributed by atoms with E-state index < -0.39 is 0 Å². The van der Waals surface area contributed by atoms with Gasteiger partial charge in [0.25, 0.3) is 0 Å². The van der Waals surface area contributed by atoms with Crippen molar-refractivity contribution in [2.75, 3.05) is 0 Å². The van der Waals surface area contributed by atoms with Crippen molar-refractivity contribution in [3.05, 3.63) is 121 Å². The molecule has 0 aliphatic carbocycles. The molecule has 1 heteroatoms. The number of fused-ring (bicyclic) bond motifs is 3. The molecule has 0 aliphatic rings. The summed E-state index contributed by atoms with van der Waals surface area (Å²) < 4.78 is 6.50. The average Bonchev–Trinajstić information content (AvgIpc) is 3.35. The molecular weight excluding hydrogens is 460 g/mol. The second-order valence-electron chi connectivity index (χ2n) is 10.7. The van der Waals surface area contributed by atoms with E-state index in [0.717, 1.165) is 11.2 Å². The summed E-state index contributed by atoms with van der Waals surface area (Å²) in [6, 6.07) is 42.0. The smallest absolute Gasteiger partial charge is 0.138 e. The maximum atomic E-state index is 6.50. The zero-order valence-electron chi connectivity index (χ0n) is 21.5. The van der Waals surface area contributed by atoms with Gasteiger partial charge in [-0.2, -0.15) is 0 Å². The Morgan fingerprint density at radius 3 is 1.87 bits per heavy atom. The summed E-state index contributed by atoms with van der Waals surface area (Å²) in [5, 5.41) is 10.2. The highest BCUT2D eigenvalue weighted by Crippen LogP contribution is 2.45. The van der Waals surface area contributed by atoms with E-state index in [1.54, 1.807) is 0 Å². The van der Waals surface area contributed by atoms with Crippen molar-refractivity contribution >= 4 is 54.3 Å². The van der Waals surface area contributed by atoms with Crippen LogP contribution in [0.4, 0.5) is 0 Å². The molecule has 8 aromatic rings. The fourth-order valence-electron chi connectivity index (χ4n) is 6.45. The van der Waals surface area contributed by atoms with Crippen LogP contribution in [0.1, 0.15) is 25.3 Å². The molecule has 0 unspecified atom stereocenters. The molecule has 0 spiro atoms. The molecule has 0 bridgehead atoms. The lowest BCUT2D eigenvalue weighted by Crippen LogP contribution is -1.90. The molecule has 8 rings (SSSR count). The van der Waals surface area contributed by atoms with Crippen molar-refractivity contribution < 1.29 is 4.42 Å². The van der Waals surface area contributed by atoms with Crippen LogP contribution in [-0.2, 0) is 0 Å². The summed E-state index contributed by atoms with van der Waals surface area (Å²) >= 11 is 0. The first kappa shape index (κ1) is 21.5. The lowest BCUT2D eigenvalue weighted by atomic mass is 9.86. The molecule has 0 radical (unpaired) electrons. The van der Waals surface area contributed by atoms with E-state index in [9.17, 15) is 0 Å². The van der Waals surface area contributed by atoms with Crippen LogP contribution in [0.2, 0.25) is 0 Å². The number of furan rings is 1. The first-order valence-electron chi connectivity index (χ1n) is 13.4. The summed E-state index contributed by atoms with van der Waals surface area (Å²) in [6.45, 7) is 4.46. The normalized spacial score (nSPS) is 12.2. The van der Waals surface area contributed by atoms with Gasteiger partial charge in [-0.1, -0.05) is 123 Å². The lowest BCUT2D eigenvalue weighted by molar-refractivity contribution is 0.657. The minimum atomic E-state index is 0.399. The topological polar surface area (TPSA) is 13.1 Å². The zero-order valence-corrected chi connectivity index (χ0v) is 21.5. The molecule has 0 aliphatic heterocycles. The van der Waals surface area contributed by atoms with Crippen molar-refractivity contribution in [1.29, 1.82) is 0 Å². The monoisotopic (exact) mass is 486 g/mol. The van der Waals surface area contributed by atoms with E-state index in [4.69, 9.17) is 4.42 Å².